The van der Waals surface area contributed by atoms with E-state index in [0.717, 1.165) is 44.1 Å². The highest BCUT2D eigenvalue weighted by atomic mass is 32.2. The number of para-hydroxylation sites is 1. The number of hydrogen-bond donors (Lipinski definition) is 0. The number of hydrogen-bond acceptors (Lipinski definition) is 5. The van der Waals surface area contributed by atoms with Gasteiger partial charge in [0, 0.05) is 28.7 Å². The molecule has 7 heteroatoms. The number of fused-ring (bicyclic) bond motifs is 3. The highest BCUT2D eigenvalue weighted by Crippen LogP contribution is 2.38. The van der Waals surface area contributed by atoms with Gasteiger partial charge in [0.15, 0.2) is 0 Å². The van der Waals surface area contributed by atoms with E-state index in [9.17, 15) is 14.9 Å². The number of non-ortho nitro benzene ring substituents is 1. The Labute approximate surface area is 203 Å². The van der Waals surface area contributed by atoms with Crippen molar-refractivity contribution < 1.29 is 14.5 Å². The summed E-state index contributed by atoms with van der Waals surface area (Å²) in [6.07, 6.45) is 0.205. The molecule has 1 aromatic heterocycles. The Hall–Kier alpha value is -3.32. The van der Waals surface area contributed by atoms with Gasteiger partial charge in [-0.1, -0.05) is 36.4 Å². The number of carbonyl (C=O) groups excluding carboxylic acids is 1. The molecule has 0 aliphatic carbocycles. The second kappa shape index (κ2) is 9.14. The number of nitrogens with zero attached hydrogens (tertiary/aromatic N) is 2. The third-order valence-corrected chi connectivity index (χ3v) is 6.79. The predicted octanol–water partition coefficient (Wildman–Crippen LogP) is 6.90. The van der Waals surface area contributed by atoms with Crippen LogP contribution in [0.25, 0.3) is 21.8 Å². The van der Waals surface area contributed by atoms with Gasteiger partial charge in [-0.15, -0.1) is 0 Å². The van der Waals surface area contributed by atoms with Crippen molar-refractivity contribution in [3.05, 3.63) is 87.0 Å². The molecule has 0 bridgehead atoms. The molecule has 1 heterocycles. The zero-order chi connectivity index (χ0) is 24.6. The first kappa shape index (κ1) is 23.8. The average Bonchev–Trinajstić information content (AvgIpc) is 3.10. The minimum Gasteiger partial charge on any atom is -0.460 e. The minimum absolute atomic E-state index is 0.0898. The lowest BCUT2D eigenvalue weighted by Gasteiger charge is -2.20. The summed E-state index contributed by atoms with van der Waals surface area (Å²) in [5.41, 5.74) is 5.66. The van der Waals surface area contributed by atoms with E-state index in [4.69, 9.17) is 4.74 Å². The molecule has 0 fully saturated rings. The third-order valence-electron chi connectivity index (χ3n) is 5.69. The van der Waals surface area contributed by atoms with E-state index in [0.29, 0.717) is 5.75 Å². The van der Waals surface area contributed by atoms with Gasteiger partial charge in [-0.05, 0) is 74.9 Å². The van der Waals surface area contributed by atoms with Crippen LogP contribution in [-0.4, -0.2) is 20.5 Å². The number of ether oxygens (including phenoxy) is 1. The van der Waals surface area contributed by atoms with Gasteiger partial charge in [0.1, 0.15) is 5.60 Å². The molecule has 0 atom stereocenters. The Balaban J connectivity index is 1.80. The predicted molar refractivity (Wildman–Crippen MR) is 138 cm³/mol. The van der Waals surface area contributed by atoms with Gasteiger partial charge >= 0.3 is 5.97 Å². The van der Waals surface area contributed by atoms with E-state index in [1.807, 2.05) is 45.9 Å². The van der Waals surface area contributed by atoms with Crippen LogP contribution >= 0.6 is 11.9 Å². The van der Waals surface area contributed by atoms with Gasteiger partial charge in [0.05, 0.1) is 22.4 Å². The Bertz CT molecular complexity index is 1420. The number of benzene rings is 3. The van der Waals surface area contributed by atoms with Crippen LogP contribution in [0.3, 0.4) is 0 Å². The first-order valence-electron chi connectivity index (χ1n) is 11.2. The zero-order valence-corrected chi connectivity index (χ0v) is 20.9. The van der Waals surface area contributed by atoms with Crippen LogP contribution in [0, 0.1) is 24.0 Å². The maximum absolute atomic E-state index is 12.6. The maximum Gasteiger partial charge on any atom is 0.310 e. The van der Waals surface area contributed by atoms with Crippen molar-refractivity contribution in [3.63, 3.8) is 0 Å². The summed E-state index contributed by atoms with van der Waals surface area (Å²) in [6.45, 7) is 9.73. The summed E-state index contributed by atoms with van der Waals surface area (Å²) >= 11 is 1.60. The summed E-state index contributed by atoms with van der Waals surface area (Å²) in [7, 11) is 0. The number of aryl methyl sites for hydroxylation is 2. The second-order valence-corrected chi connectivity index (χ2v) is 10.4. The van der Waals surface area contributed by atoms with E-state index >= 15 is 0 Å². The SMILES string of the molecule is Cc1cc(CC(=O)OC(C)(C)C)c(C)c2c1c1ccccc1n2SCc1cccc([N+](=O)[O-])c1. The van der Waals surface area contributed by atoms with Crippen molar-refractivity contribution >= 4 is 45.4 Å². The van der Waals surface area contributed by atoms with Crippen LogP contribution < -0.4 is 0 Å². The minimum atomic E-state index is -0.535. The van der Waals surface area contributed by atoms with Crippen molar-refractivity contribution in [2.75, 3.05) is 0 Å². The third kappa shape index (κ3) is 4.80. The molecule has 6 nitrogen and oxygen atoms in total. The largest absolute Gasteiger partial charge is 0.460 e. The molecule has 0 saturated heterocycles. The van der Waals surface area contributed by atoms with Gasteiger partial charge in [-0.25, -0.2) is 0 Å². The smallest absolute Gasteiger partial charge is 0.310 e. The zero-order valence-electron chi connectivity index (χ0n) is 20.0. The molecular weight excluding hydrogens is 448 g/mol. The molecular formula is C27H28N2O4S. The summed E-state index contributed by atoms with van der Waals surface area (Å²) in [6, 6.07) is 17.1. The number of esters is 1. The molecule has 3 aromatic carbocycles. The molecule has 0 unspecified atom stereocenters. The van der Waals surface area contributed by atoms with Crippen molar-refractivity contribution in [1.82, 2.24) is 3.97 Å². The standard InChI is InChI=1S/C27H28N2O4S/c1-17-13-20(15-24(30)33-27(3,4)5)18(2)26-25(17)22-11-6-7-12-23(22)28(26)34-16-19-9-8-10-21(14-19)29(31)32/h6-14H,15-16H2,1-5H3. The van der Waals surface area contributed by atoms with Crippen LogP contribution in [0.1, 0.15) is 43.0 Å². The van der Waals surface area contributed by atoms with Gasteiger partial charge in [0.25, 0.3) is 5.69 Å². The Morgan fingerprint density at radius 1 is 1.09 bits per heavy atom. The van der Waals surface area contributed by atoms with Crippen LogP contribution in [0.2, 0.25) is 0 Å². The van der Waals surface area contributed by atoms with Gasteiger partial charge in [0.2, 0.25) is 0 Å². The number of aromatic nitrogens is 1. The van der Waals surface area contributed by atoms with Gasteiger partial charge < -0.3 is 4.74 Å². The highest BCUT2D eigenvalue weighted by Gasteiger charge is 2.21. The molecule has 0 amide bonds. The molecule has 0 aliphatic rings. The van der Waals surface area contributed by atoms with Crippen molar-refractivity contribution in [1.29, 1.82) is 0 Å². The topological polar surface area (TPSA) is 74.4 Å². The first-order chi connectivity index (χ1) is 16.0. The van der Waals surface area contributed by atoms with Crippen LogP contribution in [0.5, 0.6) is 0 Å². The number of nitro groups is 1. The van der Waals surface area contributed by atoms with Crippen LogP contribution in [0.4, 0.5) is 5.69 Å². The molecule has 0 spiro atoms. The fraction of sp³-hybridized carbons (Fsp3) is 0.296. The number of rotatable bonds is 6. The summed E-state index contributed by atoms with van der Waals surface area (Å²) in [4.78, 5) is 23.4. The molecule has 0 saturated carbocycles. The molecule has 0 N–H and O–H groups in total. The molecule has 0 aliphatic heterocycles. The summed E-state index contributed by atoms with van der Waals surface area (Å²) in [5, 5.41) is 13.5. The molecule has 4 rings (SSSR count). The molecule has 176 valence electrons. The number of carbonyl (C=O) groups is 1. The van der Waals surface area contributed by atoms with Crippen LogP contribution in [-0.2, 0) is 21.7 Å². The van der Waals surface area contributed by atoms with E-state index in [1.165, 1.54) is 6.07 Å². The molecule has 0 radical (unpaired) electrons. The second-order valence-electron chi connectivity index (χ2n) is 9.48. The monoisotopic (exact) mass is 476 g/mol. The lowest BCUT2D eigenvalue weighted by atomic mass is 9.97. The number of nitro benzene ring substituents is 1. The lowest BCUT2D eigenvalue weighted by Crippen LogP contribution is -2.25. The molecule has 4 aromatic rings. The maximum atomic E-state index is 12.6. The van der Waals surface area contributed by atoms with Gasteiger partial charge in [-0.2, -0.15) is 0 Å². The van der Waals surface area contributed by atoms with E-state index < -0.39 is 5.60 Å². The molecule has 34 heavy (non-hydrogen) atoms. The van der Waals surface area contributed by atoms with E-state index in [2.05, 4.69) is 29.1 Å². The Morgan fingerprint density at radius 2 is 1.82 bits per heavy atom. The van der Waals surface area contributed by atoms with Gasteiger partial charge in [-0.3, -0.25) is 18.9 Å². The average molecular weight is 477 g/mol. The lowest BCUT2D eigenvalue weighted by molar-refractivity contribution is -0.384. The van der Waals surface area contributed by atoms with Crippen molar-refractivity contribution in [3.8, 4) is 0 Å². The fourth-order valence-corrected chi connectivity index (χ4v) is 5.41. The van der Waals surface area contributed by atoms with Crippen molar-refractivity contribution in [2.45, 2.75) is 52.4 Å². The quantitative estimate of drug-likeness (QED) is 0.172. The summed E-state index contributed by atoms with van der Waals surface area (Å²) < 4.78 is 7.77. The normalized spacial score (nSPS) is 11.8. The van der Waals surface area contributed by atoms with E-state index in [1.54, 1.807) is 24.1 Å². The van der Waals surface area contributed by atoms with E-state index in [-0.39, 0.29) is 23.0 Å². The highest BCUT2D eigenvalue weighted by molar-refractivity contribution is 7.97. The van der Waals surface area contributed by atoms with Crippen molar-refractivity contribution in [2.24, 2.45) is 0 Å². The summed E-state index contributed by atoms with van der Waals surface area (Å²) in [5.74, 6) is 0.325. The Kier molecular flexibility index (Phi) is 6.41. The Morgan fingerprint density at radius 3 is 2.53 bits per heavy atom. The first-order valence-corrected chi connectivity index (χ1v) is 12.1. The fourth-order valence-electron chi connectivity index (χ4n) is 4.29. The van der Waals surface area contributed by atoms with Crippen LogP contribution in [0.15, 0.2) is 54.6 Å².